The van der Waals surface area contributed by atoms with Crippen molar-refractivity contribution in [2.45, 2.75) is 0 Å². The number of hydrogen-bond acceptors (Lipinski definition) is 3. The predicted octanol–water partition coefficient (Wildman–Crippen LogP) is 1.26. The number of aromatic nitrogens is 1. The number of amidine groups is 1. The first kappa shape index (κ1) is 10.0. The van der Waals surface area contributed by atoms with Gasteiger partial charge in [0.05, 0.1) is 5.52 Å². The number of nitrogens with zero attached hydrogens (tertiary/aromatic N) is 2. The molecule has 16 heavy (non-hydrogen) atoms. The van der Waals surface area contributed by atoms with Crippen molar-refractivity contribution in [3.8, 4) is 0 Å². The van der Waals surface area contributed by atoms with Crippen molar-refractivity contribution in [3.05, 3.63) is 36.0 Å². The third-order valence-corrected chi connectivity index (χ3v) is 2.32. The second-order valence-corrected chi connectivity index (χ2v) is 3.19. The molecule has 0 saturated heterocycles. The first-order valence-corrected chi connectivity index (χ1v) is 4.46. The minimum absolute atomic E-state index is 0.0475. The van der Waals surface area contributed by atoms with Gasteiger partial charge in [-0.25, -0.2) is 4.79 Å². The average molecular weight is 219 g/mol. The molecule has 0 aliphatic carbocycles. The Hall–Kier alpha value is -2.50. The summed E-state index contributed by atoms with van der Waals surface area (Å²) >= 11 is 0. The summed E-state index contributed by atoms with van der Waals surface area (Å²) in [4.78, 5) is 10.9. The van der Waals surface area contributed by atoms with E-state index in [-0.39, 0.29) is 5.84 Å². The molecule has 0 bridgehead atoms. The fourth-order valence-electron chi connectivity index (χ4n) is 1.61. The van der Waals surface area contributed by atoms with E-state index in [1.165, 1.54) is 6.20 Å². The van der Waals surface area contributed by atoms with Crippen LogP contribution in [0.4, 0.5) is 4.79 Å². The van der Waals surface area contributed by atoms with Crippen LogP contribution in [0.1, 0.15) is 5.56 Å². The molecule has 0 aliphatic rings. The molecule has 0 saturated carbocycles. The van der Waals surface area contributed by atoms with Crippen molar-refractivity contribution in [2.24, 2.45) is 10.9 Å². The van der Waals surface area contributed by atoms with Gasteiger partial charge in [0, 0.05) is 17.1 Å². The highest BCUT2D eigenvalue weighted by molar-refractivity contribution is 6.09. The Kier molecular flexibility index (Phi) is 2.24. The Bertz CT molecular complexity index is 586. The van der Waals surface area contributed by atoms with Crippen LogP contribution in [0.5, 0.6) is 0 Å². The fraction of sp³-hybridized carbons (Fsp3) is 0. The molecule has 0 amide bonds. The van der Waals surface area contributed by atoms with Gasteiger partial charge in [0.2, 0.25) is 0 Å². The number of oxime groups is 1. The second kappa shape index (κ2) is 3.58. The van der Waals surface area contributed by atoms with E-state index in [0.717, 1.165) is 4.57 Å². The van der Waals surface area contributed by atoms with Crippen molar-refractivity contribution in [1.29, 1.82) is 0 Å². The highest BCUT2D eigenvalue weighted by Crippen LogP contribution is 2.19. The zero-order valence-electron chi connectivity index (χ0n) is 8.16. The maximum Gasteiger partial charge on any atom is 0.415 e. The van der Waals surface area contributed by atoms with E-state index in [1.54, 1.807) is 24.3 Å². The molecule has 0 aliphatic heterocycles. The molecule has 0 unspecified atom stereocenters. The quantitative estimate of drug-likeness (QED) is 0.291. The number of benzene rings is 1. The summed E-state index contributed by atoms with van der Waals surface area (Å²) in [6.45, 7) is 0. The van der Waals surface area contributed by atoms with E-state index < -0.39 is 6.09 Å². The first-order chi connectivity index (χ1) is 7.65. The van der Waals surface area contributed by atoms with E-state index in [1.807, 2.05) is 0 Å². The molecule has 1 aromatic heterocycles. The number of hydrogen-bond donors (Lipinski definition) is 3. The van der Waals surface area contributed by atoms with Crippen LogP contribution in [-0.4, -0.2) is 26.8 Å². The van der Waals surface area contributed by atoms with Crippen molar-refractivity contribution < 1.29 is 15.1 Å². The van der Waals surface area contributed by atoms with Gasteiger partial charge >= 0.3 is 6.09 Å². The molecule has 1 aromatic carbocycles. The Morgan fingerprint density at radius 3 is 2.75 bits per heavy atom. The van der Waals surface area contributed by atoms with Crippen LogP contribution < -0.4 is 5.73 Å². The van der Waals surface area contributed by atoms with Crippen LogP contribution in [0.15, 0.2) is 35.6 Å². The smallest absolute Gasteiger partial charge is 0.415 e. The number of nitrogens with two attached hydrogens (primary N) is 1. The van der Waals surface area contributed by atoms with Gasteiger partial charge in [0.25, 0.3) is 0 Å². The third kappa shape index (κ3) is 1.36. The standard InChI is InChI=1S/C10H9N3O3/c11-9(12-16)7-2-1-3-8-6(7)4-5-13(8)10(14)15/h1-5,16H,(H2,11,12)(H,14,15). The van der Waals surface area contributed by atoms with E-state index in [0.29, 0.717) is 16.5 Å². The van der Waals surface area contributed by atoms with Gasteiger partial charge in [-0.2, -0.15) is 0 Å². The molecular formula is C10H9N3O3. The summed E-state index contributed by atoms with van der Waals surface area (Å²) in [6.07, 6.45) is 0.341. The molecule has 2 rings (SSSR count). The lowest BCUT2D eigenvalue weighted by molar-refractivity contribution is 0.197. The number of carbonyl (C=O) groups is 1. The molecule has 6 heteroatoms. The summed E-state index contributed by atoms with van der Waals surface area (Å²) in [6, 6.07) is 6.56. The lowest BCUT2D eigenvalue weighted by Crippen LogP contribution is -2.13. The van der Waals surface area contributed by atoms with Gasteiger partial charge in [0.15, 0.2) is 5.84 Å². The predicted molar refractivity (Wildman–Crippen MR) is 57.9 cm³/mol. The molecular weight excluding hydrogens is 210 g/mol. The molecule has 4 N–H and O–H groups in total. The Balaban J connectivity index is 2.76. The molecule has 0 fully saturated rings. The maximum atomic E-state index is 10.9. The van der Waals surface area contributed by atoms with E-state index in [9.17, 15) is 4.79 Å². The van der Waals surface area contributed by atoms with Crippen LogP contribution in [0, 0.1) is 0 Å². The Morgan fingerprint density at radius 1 is 1.38 bits per heavy atom. The summed E-state index contributed by atoms with van der Waals surface area (Å²) in [7, 11) is 0. The largest absolute Gasteiger partial charge is 0.464 e. The minimum atomic E-state index is -1.08. The highest BCUT2D eigenvalue weighted by atomic mass is 16.4. The first-order valence-electron chi connectivity index (χ1n) is 4.46. The highest BCUT2D eigenvalue weighted by Gasteiger charge is 2.11. The zero-order chi connectivity index (χ0) is 11.7. The van der Waals surface area contributed by atoms with Crippen LogP contribution in [-0.2, 0) is 0 Å². The summed E-state index contributed by atoms with van der Waals surface area (Å²) in [5, 5.41) is 21.0. The number of fused-ring (bicyclic) bond motifs is 1. The van der Waals surface area contributed by atoms with Crippen molar-refractivity contribution in [3.63, 3.8) is 0 Å². The summed E-state index contributed by atoms with van der Waals surface area (Å²) in [5.41, 5.74) is 6.49. The molecule has 0 spiro atoms. The zero-order valence-corrected chi connectivity index (χ0v) is 8.16. The minimum Gasteiger partial charge on any atom is -0.464 e. The summed E-state index contributed by atoms with van der Waals surface area (Å²) in [5.74, 6) is -0.0475. The van der Waals surface area contributed by atoms with Gasteiger partial charge < -0.3 is 16.0 Å². The van der Waals surface area contributed by atoms with Gasteiger partial charge in [-0.1, -0.05) is 17.3 Å². The number of carboxylic acid groups (broad SMARTS) is 1. The molecule has 82 valence electrons. The lowest BCUT2D eigenvalue weighted by Gasteiger charge is -2.02. The molecule has 2 aromatic rings. The van der Waals surface area contributed by atoms with Gasteiger partial charge in [-0.15, -0.1) is 0 Å². The average Bonchev–Trinajstić information content (AvgIpc) is 2.71. The number of rotatable bonds is 1. The second-order valence-electron chi connectivity index (χ2n) is 3.19. The lowest BCUT2D eigenvalue weighted by atomic mass is 10.1. The molecule has 0 radical (unpaired) electrons. The third-order valence-electron chi connectivity index (χ3n) is 2.32. The van der Waals surface area contributed by atoms with Crippen LogP contribution in [0.2, 0.25) is 0 Å². The Morgan fingerprint density at radius 2 is 2.12 bits per heavy atom. The van der Waals surface area contributed by atoms with Gasteiger partial charge in [-0.3, -0.25) is 4.57 Å². The van der Waals surface area contributed by atoms with Crippen LogP contribution >= 0.6 is 0 Å². The topological polar surface area (TPSA) is 101 Å². The fourth-order valence-corrected chi connectivity index (χ4v) is 1.61. The van der Waals surface area contributed by atoms with E-state index in [4.69, 9.17) is 16.0 Å². The van der Waals surface area contributed by atoms with Crippen molar-refractivity contribution in [1.82, 2.24) is 4.57 Å². The van der Waals surface area contributed by atoms with Gasteiger partial charge in [-0.05, 0) is 12.1 Å². The van der Waals surface area contributed by atoms with Gasteiger partial charge in [0.1, 0.15) is 0 Å². The van der Waals surface area contributed by atoms with Crippen molar-refractivity contribution in [2.75, 3.05) is 0 Å². The normalized spacial score (nSPS) is 11.9. The maximum absolute atomic E-state index is 10.9. The monoisotopic (exact) mass is 219 g/mol. The van der Waals surface area contributed by atoms with Crippen LogP contribution in [0.3, 0.4) is 0 Å². The molecule has 0 atom stereocenters. The van der Waals surface area contributed by atoms with Crippen molar-refractivity contribution >= 4 is 22.8 Å². The van der Waals surface area contributed by atoms with E-state index in [2.05, 4.69) is 5.16 Å². The molecule has 6 nitrogen and oxygen atoms in total. The van der Waals surface area contributed by atoms with E-state index >= 15 is 0 Å². The molecule has 1 heterocycles. The van der Waals surface area contributed by atoms with Crippen LogP contribution in [0.25, 0.3) is 10.9 Å². The Labute approximate surface area is 90.2 Å². The SMILES string of the molecule is N/C(=N/O)c1cccc2c1ccn2C(=O)O. The summed E-state index contributed by atoms with van der Waals surface area (Å²) < 4.78 is 1.07.